The summed E-state index contributed by atoms with van der Waals surface area (Å²) in [5.74, 6) is -0.619. The Bertz CT molecular complexity index is 1200. The Morgan fingerprint density at radius 1 is 1.12 bits per heavy atom. The van der Waals surface area contributed by atoms with Crippen LogP contribution in [0.4, 0.5) is 5.69 Å². The third kappa shape index (κ3) is 4.67. The predicted octanol–water partition coefficient (Wildman–Crippen LogP) is 4.09. The summed E-state index contributed by atoms with van der Waals surface area (Å²) in [6.07, 6.45) is 4.52. The largest absolute Gasteiger partial charge is 0.465 e. The number of hydrogen-bond donors (Lipinski definition) is 0. The third-order valence-electron chi connectivity index (χ3n) is 4.82. The van der Waals surface area contributed by atoms with Gasteiger partial charge in [-0.1, -0.05) is 26.8 Å². The zero-order valence-electron chi connectivity index (χ0n) is 18.5. The summed E-state index contributed by atoms with van der Waals surface area (Å²) in [5, 5.41) is 1.63. The number of benzene rings is 1. The molecule has 10 heteroatoms. The predicted molar refractivity (Wildman–Crippen MR) is 123 cm³/mol. The van der Waals surface area contributed by atoms with Gasteiger partial charge in [0.05, 0.1) is 17.7 Å². The number of aromatic nitrogens is 2. The molecule has 0 unspecified atom stereocenters. The summed E-state index contributed by atoms with van der Waals surface area (Å²) >= 11 is 1.10. The van der Waals surface area contributed by atoms with Crippen LogP contribution in [0.2, 0.25) is 0 Å². The maximum absolute atomic E-state index is 13.9. The maximum atomic E-state index is 13.9. The molecule has 0 spiro atoms. The molecule has 3 rings (SSSR count). The molecule has 0 N–H and O–H groups in total. The summed E-state index contributed by atoms with van der Waals surface area (Å²) in [6.45, 7) is 5.86. The highest BCUT2D eigenvalue weighted by Gasteiger charge is 2.32. The first-order chi connectivity index (χ1) is 15.1. The Hall–Kier alpha value is -2.82. The van der Waals surface area contributed by atoms with Gasteiger partial charge >= 0.3 is 5.97 Å². The number of thiophene rings is 1. The number of rotatable bonds is 7. The molecule has 0 bridgehead atoms. The van der Waals surface area contributed by atoms with Gasteiger partial charge in [-0.25, -0.2) is 27.5 Å². The molecule has 2 heterocycles. The van der Waals surface area contributed by atoms with Gasteiger partial charge in [-0.15, -0.1) is 11.3 Å². The number of ether oxygens (including phenoxy) is 2. The maximum Gasteiger partial charge on any atom is 0.350 e. The van der Waals surface area contributed by atoms with E-state index in [0.29, 0.717) is 11.1 Å². The molecule has 0 fully saturated rings. The van der Waals surface area contributed by atoms with E-state index in [1.165, 1.54) is 20.5 Å². The lowest BCUT2D eigenvalue weighted by Crippen LogP contribution is -2.34. The Morgan fingerprint density at radius 3 is 2.41 bits per heavy atom. The smallest absolute Gasteiger partial charge is 0.350 e. The molecule has 1 aromatic carbocycles. The van der Waals surface area contributed by atoms with Crippen molar-refractivity contribution in [3.8, 4) is 11.1 Å². The molecule has 0 aliphatic rings. The minimum Gasteiger partial charge on any atom is -0.465 e. The van der Waals surface area contributed by atoms with Crippen LogP contribution < -0.4 is 4.31 Å². The van der Waals surface area contributed by atoms with Gasteiger partial charge in [0, 0.05) is 30.6 Å². The number of carbonyl (C=O) groups excluding carboxylic acids is 1. The standard InChI is InChI=1S/C22H25N3O5S2/c1-22(2,3)16-6-7-19(17(10-16)15-11-23-13-24-12-15)32(27,28)25(14-29-4)18-8-9-31-20(18)21(26)30-5/h6-13H,14H2,1-5H3. The molecule has 8 nitrogen and oxygen atoms in total. The number of methoxy groups -OCH3 is 2. The van der Waals surface area contributed by atoms with E-state index in [9.17, 15) is 13.2 Å². The molecule has 0 saturated carbocycles. The number of esters is 1. The molecular formula is C22H25N3O5S2. The highest BCUT2D eigenvalue weighted by atomic mass is 32.2. The van der Waals surface area contributed by atoms with E-state index in [-0.39, 0.29) is 27.6 Å². The van der Waals surface area contributed by atoms with Gasteiger partial charge in [0.2, 0.25) is 0 Å². The fourth-order valence-electron chi connectivity index (χ4n) is 3.13. The minimum atomic E-state index is -4.14. The molecule has 0 aliphatic carbocycles. The van der Waals surface area contributed by atoms with Crippen molar-refractivity contribution in [3.05, 3.63) is 58.8 Å². The Labute approximate surface area is 191 Å². The van der Waals surface area contributed by atoms with E-state index in [1.807, 2.05) is 26.8 Å². The van der Waals surface area contributed by atoms with Crippen LogP contribution in [0.5, 0.6) is 0 Å². The fourth-order valence-corrected chi connectivity index (χ4v) is 5.59. The van der Waals surface area contributed by atoms with Crippen molar-refractivity contribution in [2.75, 3.05) is 25.3 Å². The number of anilines is 1. The molecule has 32 heavy (non-hydrogen) atoms. The molecular weight excluding hydrogens is 450 g/mol. The van der Waals surface area contributed by atoms with Crippen molar-refractivity contribution in [2.45, 2.75) is 31.1 Å². The van der Waals surface area contributed by atoms with Crippen LogP contribution >= 0.6 is 11.3 Å². The number of hydrogen-bond acceptors (Lipinski definition) is 8. The van der Waals surface area contributed by atoms with Crippen LogP contribution in [-0.4, -0.2) is 45.3 Å². The molecule has 0 amide bonds. The van der Waals surface area contributed by atoms with Crippen molar-refractivity contribution in [2.24, 2.45) is 0 Å². The quantitative estimate of drug-likeness (QED) is 0.375. The molecule has 0 aliphatic heterocycles. The van der Waals surface area contributed by atoms with E-state index < -0.39 is 16.0 Å². The SMILES string of the molecule is COCN(c1ccsc1C(=O)OC)S(=O)(=O)c1ccc(C(C)(C)C)cc1-c1cncnc1. The van der Waals surface area contributed by atoms with Crippen molar-refractivity contribution in [3.63, 3.8) is 0 Å². The van der Waals surface area contributed by atoms with Crippen LogP contribution in [-0.2, 0) is 24.9 Å². The zero-order chi connectivity index (χ0) is 23.5. The van der Waals surface area contributed by atoms with Gasteiger partial charge in [0.1, 0.15) is 17.9 Å². The van der Waals surface area contributed by atoms with Gasteiger partial charge in [-0.05, 0) is 34.6 Å². The monoisotopic (exact) mass is 475 g/mol. The van der Waals surface area contributed by atoms with Gasteiger partial charge in [-0.3, -0.25) is 0 Å². The topological polar surface area (TPSA) is 98.7 Å². The lowest BCUT2D eigenvalue weighted by molar-refractivity contribution is 0.0607. The lowest BCUT2D eigenvalue weighted by Gasteiger charge is -2.26. The number of sulfonamides is 1. The van der Waals surface area contributed by atoms with Crippen molar-refractivity contribution < 1.29 is 22.7 Å². The van der Waals surface area contributed by atoms with Crippen LogP contribution in [0.1, 0.15) is 36.0 Å². The van der Waals surface area contributed by atoms with E-state index in [4.69, 9.17) is 9.47 Å². The van der Waals surface area contributed by atoms with Gasteiger partial charge in [-0.2, -0.15) is 0 Å². The van der Waals surface area contributed by atoms with Gasteiger partial charge < -0.3 is 9.47 Å². The minimum absolute atomic E-state index is 0.0550. The lowest BCUT2D eigenvalue weighted by atomic mass is 9.85. The highest BCUT2D eigenvalue weighted by Crippen LogP contribution is 2.37. The van der Waals surface area contributed by atoms with Crippen molar-refractivity contribution in [1.29, 1.82) is 0 Å². The van der Waals surface area contributed by atoms with Gasteiger partial charge in [0.15, 0.2) is 0 Å². The number of carbonyl (C=O) groups is 1. The second-order valence-electron chi connectivity index (χ2n) is 7.99. The van der Waals surface area contributed by atoms with Gasteiger partial charge in [0.25, 0.3) is 10.0 Å². The summed E-state index contributed by atoms with van der Waals surface area (Å²) in [7, 11) is -1.50. The highest BCUT2D eigenvalue weighted by molar-refractivity contribution is 7.93. The average molecular weight is 476 g/mol. The third-order valence-corrected chi connectivity index (χ3v) is 7.49. The second kappa shape index (κ2) is 9.35. The molecule has 2 aromatic heterocycles. The fraction of sp³-hybridized carbons (Fsp3) is 0.318. The van der Waals surface area contributed by atoms with Crippen LogP contribution in [0.25, 0.3) is 11.1 Å². The van der Waals surface area contributed by atoms with Crippen LogP contribution in [0.15, 0.2) is 53.3 Å². The normalized spacial score (nSPS) is 11.9. The van der Waals surface area contributed by atoms with Crippen LogP contribution in [0, 0.1) is 0 Å². The van der Waals surface area contributed by atoms with E-state index in [0.717, 1.165) is 21.2 Å². The summed E-state index contributed by atoms with van der Waals surface area (Å²) < 4.78 is 38.9. The van der Waals surface area contributed by atoms with E-state index >= 15 is 0 Å². The second-order valence-corrected chi connectivity index (χ2v) is 10.7. The Morgan fingerprint density at radius 2 is 1.81 bits per heavy atom. The first-order valence-electron chi connectivity index (χ1n) is 9.68. The molecule has 0 saturated heterocycles. The van der Waals surface area contributed by atoms with Crippen LogP contribution in [0.3, 0.4) is 0 Å². The average Bonchev–Trinajstić information content (AvgIpc) is 3.25. The van der Waals surface area contributed by atoms with Crippen molar-refractivity contribution in [1.82, 2.24) is 9.97 Å². The Balaban J connectivity index is 2.24. The molecule has 3 aromatic rings. The summed E-state index contributed by atoms with van der Waals surface area (Å²) in [4.78, 5) is 20.5. The molecule has 170 valence electrons. The zero-order valence-corrected chi connectivity index (χ0v) is 20.2. The summed E-state index contributed by atoms with van der Waals surface area (Å²) in [5.41, 5.74) is 1.98. The molecule has 0 atom stereocenters. The van der Waals surface area contributed by atoms with E-state index in [2.05, 4.69) is 9.97 Å². The van der Waals surface area contributed by atoms with E-state index in [1.54, 1.807) is 36.0 Å². The Kier molecular flexibility index (Phi) is 6.97. The first kappa shape index (κ1) is 23.8. The summed E-state index contributed by atoms with van der Waals surface area (Å²) in [6, 6.07) is 6.76. The number of nitrogens with zero attached hydrogens (tertiary/aromatic N) is 3. The first-order valence-corrected chi connectivity index (χ1v) is 12.0. The van der Waals surface area contributed by atoms with Crippen molar-refractivity contribution >= 4 is 33.0 Å². The molecule has 0 radical (unpaired) electrons.